The highest BCUT2D eigenvalue weighted by Gasteiger charge is 2.13. The first kappa shape index (κ1) is 12.0. The van der Waals surface area contributed by atoms with Crippen LogP contribution in [0.15, 0.2) is 42.5 Å². The Kier molecular flexibility index (Phi) is 3.41. The van der Waals surface area contributed by atoms with Crippen molar-refractivity contribution in [2.45, 2.75) is 6.04 Å². The molecule has 0 bridgehead atoms. The van der Waals surface area contributed by atoms with Crippen molar-refractivity contribution in [1.82, 2.24) is 0 Å². The van der Waals surface area contributed by atoms with Crippen molar-refractivity contribution in [2.24, 2.45) is 5.73 Å². The predicted molar refractivity (Wildman–Crippen MR) is 63.8 cm³/mol. The summed E-state index contributed by atoms with van der Waals surface area (Å²) in [7, 11) is 0. The van der Waals surface area contributed by atoms with Gasteiger partial charge in [-0.15, -0.1) is 0 Å². The lowest BCUT2D eigenvalue weighted by Crippen LogP contribution is -2.13. The summed E-state index contributed by atoms with van der Waals surface area (Å²) in [6.07, 6.45) is 0. The Morgan fingerprint density at radius 3 is 2.24 bits per heavy atom. The van der Waals surface area contributed by atoms with E-state index in [1.165, 1.54) is 12.1 Å². The fourth-order valence-corrected chi connectivity index (χ4v) is 1.73. The van der Waals surface area contributed by atoms with Gasteiger partial charge in [-0.2, -0.15) is 0 Å². The summed E-state index contributed by atoms with van der Waals surface area (Å²) in [6.45, 7) is 0. The van der Waals surface area contributed by atoms with Gasteiger partial charge >= 0.3 is 0 Å². The first-order valence-electron chi connectivity index (χ1n) is 5.04. The largest absolute Gasteiger partial charge is 0.320 e. The predicted octanol–water partition coefficient (Wildman–Crippen LogP) is 3.67. The molecule has 1 nitrogen and oxygen atoms in total. The maximum Gasteiger partial charge on any atom is 0.131 e. The zero-order valence-corrected chi connectivity index (χ0v) is 9.59. The van der Waals surface area contributed by atoms with E-state index in [1.807, 2.05) is 0 Å². The van der Waals surface area contributed by atoms with Gasteiger partial charge in [-0.1, -0.05) is 29.8 Å². The van der Waals surface area contributed by atoms with Crippen LogP contribution in [0.5, 0.6) is 0 Å². The van der Waals surface area contributed by atoms with Crippen LogP contribution in [0.4, 0.5) is 8.78 Å². The van der Waals surface area contributed by atoms with E-state index in [1.54, 1.807) is 24.3 Å². The molecule has 0 heterocycles. The van der Waals surface area contributed by atoms with Crippen LogP contribution >= 0.6 is 11.6 Å². The molecule has 0 aromatic heterocycles. The van der Waals surface area contributed by atoms with Crippen LogP contribution < -0.4 is 5.73 Å². The Balaban J connectivity index is 2.36. The smallest absolute Gasteiger partial charge is 0.131 e. The highest BCUT2D eigenvalue weighted by Crippen LogP contribution is 2.23. The van der Waals surface area contributed by atoms with Crippen LogP contribution in [0.2, 0.25) is 5.02 Å². The van der Waals surface area contributed by atoms with Crippen molar-refractivity contribution in [3.8, 4) is 0 Å². The van der Waals surface area contributed by atoms with Crippen LogP contribution in [0.1, 0.15) is 17.2 Å². The fourth-order valence-electron chi connectivity index (χ4n) is 1.60. The normalized spacial score (nSPS) is 12.5. The molecule has 0 saturated heterocycles. The summed E-state index contributed by atoms with van der Waals surface area (Å²) in [6, 6.07) is 9.53. The molecule has 17 heavy (non-hydrogen) atoms. The molecule has 2 N–H and O–H groups in total. The average molecular weight is 254 g/mol. The topological polar surface area (TPSA) is 26.0 Å². The second-order valence-corrected chi connectivity index (χ2v) is 4.13. The zero-order chi connectivity index (χ0) is 12.4. The maximum absolute atomic E-state index is 13.5. The minimum absolute atomic E-state index is 0.258. The van der Waals surface area contributed by atoms with Gasteiger partial charge in [0.05, 0.1) is 6.04 Å². The van der Waals surface area contributed by atoms with Crippen molar-refractivity contribution in [3.63, 3.8) is 0 Å². The Morgan fingerprint density at radius 2 is 1.65 bits per heavy atom. The molecule has 2 aromatic carbocycles. The standard InChI is InChI=1S/C13H10ClF2N/c14-9-3-1-8(2-4-9)13(17)11-6-5-10(15)7-12(11)16/h1-7,13H,17H2. The molecule has 0 saturated carbocycles. The van der Waals surface area contributed by atoms with Crippen LogP contribution in [0.3, 0.4) is 0 Å². The molecule has 0 aliphatic heterocycles. The number of hydrogen-bond acceptors (Lipinski definition) is 1. The summed E-state index contributed by atoms with van der Waals surface area (Å²) >= 11 is 5.75. The minimum atomic E-state index is -0.646. The van der Waals surface area contributed by atoms with Gasteiger partial charge in [0.1, 0.15) is 11.6 Å². The lowest BCUT2D eigenvalue weighted by Gasteiger charge is -2.13. The lowest BCUT2D eigenvalue weighted by molar-refractivity contribution is 0.566. The van der Waals surface area contributed by atoms with E-state index in [2.05, 4.69) is 0 Å². The van der Waals surface area contributed by atoms with Gasteiger partial charge in [-0.25, -0.2) is 8.78 Å². The third-order valence-electron chi connectivity index (χ3n) is 2.53. The molecule has 0 aliphatic carbocycles. The van der Waals surface area contributed by atoms with E-state index < -0.39 is 17.7 Å². The van der Waals surface area contributed by atoms with Gasteiger partial charge in [0.25, 0.3) is 0 Å². The third-order valence-corrected chi connectivity index (χ3v) is 2.78. The van der Waals surface area contributed by atoms with Crippen molar-refractivity contribution < 1.29 is 8.78 Å². The molecule has 0 spiro atoms. The maximum atomic E-state index is 13.5. The van der Waals surface area contributed by atoms with Gasteiger partial charge in [0.2, 0.25) is 0 Å². The molecule has 0 radical (unpaired) electrons. The summed E-state index contributed by atoms with van der Waals surface area (Å²) in [5, 5.41) is 0.584. The number of halogens is 3. The zero-order valence-electron chi connectivity index (χ0n) is 8.83. The van der Waals surface area contributed by atoms with Crippen LogP contribution in [0, 0.1) is 11.6 Å². The van der Waals surface area contributed by atoms with Gasteiger partial charge in [-0.05, 0) is 23.8 Å². The molecule has 2 aromatic rings. The summed E-state index contributed by atoms with van der Waals surface area (Å²) in [4.78, 5) is 0. The quantitative estimate of drug-likeness (QED) is 0.868. The fraction of sp³-hybridized carbons (Fsp3) is 0.0769. The number of benzene rings is 2. The molecule has 88 valence electrons. The van der Waals surface area contributed by atoms with E-state index in [0.29, 0.717) is 5.02 Å². The van der Waals surface area contributed by atoms with Gasteiger partial charge < -0.3 is 5.73 Å². The minimum Gasteiger partial charge on any atom is -0.320 e. The molecule has 0 fully saturated rings. The molecule has 2 rings (SSSR count). The Morgan fingerprint density at radius 1 is 1.00 bits per heavy atom. The average Bonchev–Trinajstić information content (AvgIpc) is 2.29. The second-order valence-electron chi connectivity index (χ2n) is 3.70. The van der Waals surface area contributed by atoms with Gasteiger partial charge in [0.15, 0.2) is 0 Å². The summed E-state index contributed by atoms with van der Waals surface area (Å²) in [5.41, 5.74) is 6.89. The molecular formula is C13H10ClF2N. The van der Waals surface area contributed by atoms with E-state index in [9.17, 15) is 8.78 Å². The monoisotopic (exact) mass is 253 g/mol. The highest BCUT2D eigenvalue weighted by atomic mass is 35.5. The molecule has 1 unspecified atom stereocenters. The molecular weight excluding hydrogens is 244 g/mol. The van der Waals surface area contributed by atoms with E-state index in [-0.39, 0.29) is 5.56 Å². The number of nitrogens with two attached hydrogens (primary N) is 1. The van der Waals surface area contributed by atoms with Crippen LogP contribution in [0.25, 0.3) is 0 Å². The van der Waals surface area contributed by atoms with Crippen molar-refractivity contribution >= 4 is 11.6 Å². The number of hydrogen-bond donors (Lipinski definition) is 1. The number of rotatable bonds is 2. The third kappa shape index (κ3) is 2.62. The summed E-state index contributed by atoms with van der Waals surface area (Å²) in [5.74, 6) is -1.26. The highest BCUT2D eigenvalue weighted by molar-refractivity contribution is 6.30. The second kappa shape index (κ2) is 4.82. The van der Waals surface area contributed by atoms with Gasteiger partial charge in [-0.3, -0.25) is 0 Å². The Hall–Kier alpha value is -1.45. The van der Waals surface area contributed by atoms with Crippen molar-refractivity contribution in [2.75, 3.05) is 0 Å². The first-order valence-corrected chi connectivity index (χ1v) is 5.41. The molecule has 0 amide bonds. The lowest BCUT2D eigenvalue weighted by atomic mass is 9.99. The van der Waals surface area contributed by atoms with Crippen molar-refractivity contribution in [1.29, 1.82) is 0 Å². The summed E-state index contributed by atoms with van der Waals surface area (Å²) < 4.78 is 26.3. The van der Waals surface area contributed by atoms with E-state index in [4.69, 9.17) is 17.3 Å². The van der Waals surface area contributed by atoms with E-state index in [0.717, 1.165) is 11.6 Å². The Bertz CT molecular complexity index is 525. The van der Waals surface area contributed by atoms with Crippen LogP contribution in [-0.4, -0.2) is 0 Å². The molecule has 1 atom stereocenters. The molecule has 0 aliphatic rings. The van der Waals surface area contributed by atoms with Gasteiger partial charge in [0, 0.05) is 16.7 Å². The Labute approximate surface area is 103 Å². The van der Waals surface area contributed by atoms with E-state index >= 15 is 0 Å². The first-order chi connectivity index (χ1) is 8.08. The van der Waals surface area contributed by atoms with Crippen LogP contribution in [-0.2, 0) is 0 Å². The van der Waals surface area contributed by atoms with Crippen molar-refractivity contribution in [3.05, 3.63) is 70.2 Å². The molecule has 4 heteroatoms. The SMILES string of the molecule is NC(c1ccc(Cl)cc1)c1ccc(F)cc1F.